The standard InChI is InChI=1S/C19H20ClN3O9S2/c1-31-18(25)9-15(19(26)32-2)21-14-8-13(20)17(10-16(14)24)34(29,30)23-12-6-4-5-11(7-12)22-33(3,27)28/h4-10,21-24H,1-3H3/b15-9+. The Labute approximate surface area is 200 Å². The van der Waals surface area contributed by atoms with Crippen LogP contribution in [0.25, 0.3) is 0 Å². The van der Waals surface area contributed by atoms with Gasteiger partial charge in [-0.05, 0) is 24.3 Å². The molecule has 2 rings (SSSR count). The topological polar surface area (TPSA) is 177 Å². The van der Waals surface area contributed by atoms with Gasteiger partial charge in [0.05, 0.1) is 48.6 Å². The van der Waals surface area contributed by atoms with Gasteiger partial charge in [-0.15, -0.1) is 0 Å². The van der Waals surface area contributed by atoms with Crippen molar-refractivity contribution >= 4 is 60.6 Å². The quantitative estimate of drug-likeness (QED) is 0.211. The van der Waals surface area contributed by atoms with E-state index in [1.54, 1.807) is 0 Å². The van der Waals surface area contributed by atoms with Gasteiger partial charge in [-0.25, -0.2) is 26.4 Å². The van der Waals surface area contributed by atoms with E-state index in [0.29, 0.717) is 0 Å². The molecule has 0 fully saturated rings. The summed E-state index contributed by atoms with van der Waals surface area (Å²) in [7, 11) is -5.79. The van der Waals surface area contributed by atoms with Crippen LogP contribution in [0.4, 0.5) is 17.1 Å². The van der Waals surface area contributed by atoms with Crippen LogP contribution in [0.5, 0.6) is 5.75 Å². The zero-order valence-corrected chi connectivity index (χ0v) is 20.3. The zero-order chi connectivity index (χ0) is 25.7. The van der Waals surface area contributed by atoms with Crippen LogP contribution in [-0.2, 0) is 39.1 Å². The fourth-order valence-electron chi connectivity index (χ4n) is 2.50. The Hall–Kier alpha value is -3.49. The molecule has 0 unspecified atom stereocenters. The lowest BCUT2D eigenvalue weighted by Gasteiger charge is -2.15. The van der Waals surface area contributed by atoms with E-state index in [1.807, 2.05) is 0 Å². The largest absolute Gasteiger partial charge is 0.506 e. The van der Waals surface area contributed by atoms with E-state index in [4.69, 9.17) is 11.6 Å². The lowest BCUT2D eigenvalue weighted by Crippen LogP contribution is -2.16. The number of hydrogen-bond acceptors (Lipinski definition) is 10. The van der Waals surface area contributed by atoms with Gasteiger partial charge in [-0.2, -0.15) is 0 Å². The van der Waals surface area contributed by atoms with Crippen molar-refractivity contribution in [1.82, 2.24) is 0 Å². The number of esters is 2. The Morgan fingerprint density at radius 3 is 2.18 bits per heavy atom. The number of ether oxygens (including phenoxy) is 2. The molecule has 2 aromatic carbocycles. The number of hydrogen-bond donors (Lipinski definition) is 4. The van der Waals surface area contributed by atoms with Crippen molar-refractivity contribution in [2.24, 2.45) is 0 Å². The van der Waals surface area contributed by atoms with Gasteiger partial charge >= 0.3 is 11.9 Å². The summed E-state index contributed by atoms with van der Waals surface area (Å²) in [4.78, 5) is 22.8. The highest BCUT2D eigenvalue weighted by molar-refractivity contribution is 7.93. The molecule has 0 radical (unpaired) electrons. The van der Waals surface area contributed by atoms with Crippen LogP contribution in [0.2, 0.25) is 5.02 Å². The fraction of sp³-hybridized carbons (Fsp3) is 0.158. The smallest absolute Gasteiger partial charge is 0.354 e. The van der Waals surface area contributed by atoms with E-state index in [0.717, 1.165) is 38.7 Å². The monoisotopic (exact) mass is 533 g/mol. The van der Waals surface area contributed by atoms with Crippen molar-refractivity contribution in [2.75, 3.05) is 35.2 Å². The van der Waals surface area contributed by atoms with E-state index in [2.05, 4.69) is 24.2 Å². The first-order valence-corrected chi connectivity index (χ1v) is 12.8. The average molecular weight is 534 g/mol. The van der Waals surface area contributed by atoms with Crippen LogP contribution >= 0.6 is 11.6 Å². The van der Waals surface area contributed by atoms with Crippen molar-refractivity contribution < 1.29 is 41.0 Å². The summed E-state index contributed by atoms with van der Waals surface area (Å²) < 4.78 is 61.9. The van der Waals surface area contributed by atoms with E-state index in [-0.39, 0.29) is 22.1 Å². The second-order valence-corrected chi connectivity index (χ2v) is 10.4. The summed E-state index contributed by atoms with van der Waals surface area (Å²) in [6, 6.07) is 7.27. The number of aromatic hydroxyl groups is 1. The van der Waals surface area contributed by atoms with Crippen molar-refractivity contribution in [3.63, 3.8) is 0 Å². The predicted octanol–water partition coefficient (Wildman–Crippen LogP) is 1.86. The Balaban J connectivity index is 2.38. The molecule has 0 aliphatic heterocycles. The Kier molecular flexibility index (Phi) is 8.36. The number of carbonyl (C=O) groups excluding carboxylic acids is 2. The fourth-order valence-corrected chi connectivity index (χ4v) is 4.65. The molecule has 0 saturated heterocycles. The van der Waals surface area contributed by atoms with E-state index >= 15 is 0 Å². The molecule has 0 saturated carbocycles. The first-order chi connectivity index (χ1) is 15.8. The maximum atomic E-state index is 12.8. The molecule has 0 aliphatic rings. The van der Waals surface area contributed by atoms with Gasteiger partial charge < -0.3 is 19.9 Å². The Morgan fingerprint density at radius 2 is 1.62 bits per heavy atom. The normalized spacial score (nSPS) is 11.9. The van der Waals surface area contributed by atoms with Crippen molar-refractivity contribution in [2.45, 2.75) is 4.90 Å². The number of benzene rings is 2. The summed E-state index contributed by atoms with van der Waals surface area (Å²) in [5.74, 6) is -2.49. The molecule has 4 N–H and O–H groups in total. The molecule has 184 valence electrons. The van der Waals surface area contributed by atoms with Gasteiger partial charge in [-0.3, -0.25) is 9.44 Å². The number of methoxy groups -OCH3 is 2. The van der Waals surface area contributed by atoms with Crippen molar-refractivity contribution in [3.05, 3.63) is 53.2 Å². The third-order valence-corrected chi connectivity index (χ3v) is 6.35. The molecule has 0 aliphatic carbocycles. The van der Waals surface area contributed by atoms with Crippen LogP contribution in [0.15, 0.2) is 53.1 Å². The van der Waals surface area contributed by atoms with Gasteiger partial charge in [-0.1, -0.05) is 17.7 Å². The molecule has 0 bridgehead atoms. The third kappa shape index (κ3) is 7.26. The molecule has 0 atom stereocenters. The van der Waals surface area contributed by atoms with Gasteiger partial charge in [0.25, 0.3) is 10.0 Å². The molecule has 12 nitrogen and oxygen atoms in total. The van der Waals surface area contributed by atoms with Crippen molar-refractivity contribution in [3.8, 4) is 5.75 Å². The molecule has 34 heavy (non-hydrogen) atoms. The maximum absolute atomic E-state index is 12.8. The predicted molar refractivity (Wildman–Crippen MR) is 125 cm³/mol. The third-order valence-electron chi connectivity index (χ3n) is 3.90. The van der Waals surface area contributed by atoms with Crippen LogP contribution in [0.3, 0.4) is 0 Å². The summed E-state index contributed by atoms with van der Waals surface area (Å²) in [6.07, 6.45) is 1.71. The number of nitrogens with one attached hydrogen (secondary N) is 3. The van der Waals surface area contributed by atoms with Gasteiger partial charge in [0.1, 0.15) is 16.3 Å². The molecule has 2 aromatic rings. The Bertz CT molecular complexity index is 1360. The van der Waals surface area contributed by atoms with Crippen LogP contribution in [0.1, 0.15) is 0 Å². The van der Waals surface area contributed by atoms with Crippen molar-refractivity contribution in [1.29, 1.82) is 0 Å². The molecular formula is C19H20ClN3O9S2. The SMILES string of the molecule is COC(=O)/C=C(/Nc1cc(Cl)c(S(=O)(=O)Nc2cccc(NS(C)(=O)=O)c2)cc1O)C(=O)OC. The van der Waals surface area contributed by atoms with Crippen LogP contribution in [0, 0.1) is 0 Å². The number of carbonyl (C=O) groups is 2. The molecule has 0 spiro atoms. The van der Waals surface area contributed by atoms with Gasteiger partial charge in [0, 0.05) is 6.07 Å². The summed E-state index contributed by atoms with van der Waals surface area (Å²) in [5.41, 5.74) is -0.488. The summed E-state index contributed by atoms with van der Waals surface area (Å²) in [6.45, 7) is 0. The molecule has 0 amide bonds. The second kappa shape index (κ2) is 10.6. The summed E-state index contributed by atoms with van der Waals surface area (Å²) >= 11 is 6.11. The van der Waals surface area contributed by atoms with Gasteiger partial charge in [0.2, 0.25) is 10.0 Å². The first-order valence-electron chi connectivity index (χ1n) is 9.04. The van der Waals surface area contributed by atoms with Crippen LogP contribution < -0.4 is 14.8 Å². The zero-order valence-electron chi connectivity index (χ0n) is 17.9. The highest BCUT2D eigenvalue weighted by atomic mass is 35.5. The number of halogens is 1. The minimum atomic E-state index is -4.34. The lowest BCUT2D eigenvalue weighted by atomic mass is 10.2. The Morgan fingerprint density at radius 1 is 1.00 bits per heavy atom. The number of anilines is 3. The number of sulfonamides is 2. The van der Waals surface area contributed by atoms with E-state index < -0.39 is 48.3 Å². The highest BCUT2D eigenvalue weighted by Crippen LogP contribution is 2.35. The highest BCUT2D eigenvalue weighted by Gasteiger charge is 2.23. The maximum Gasteiger partial charge on any atom is 0.354 e. The number of rotatable bonds is 9. The first kappa shape index (κ1) is 26.8. The van der Waals surface area contributed by atoms with E-state index in [1.165, 1.54) is 24.3 Å². The number of phenolic OH excluding ortho intramolecular Hbond substituents is 1. The second-order valence-electron chi connectivity index (χ2n) is 6.56. The number of phenols is 1. The van der Waals surface area contributed by atoms with Crippen LogP contribution in [-0.4, -0.2) is 54.4 Å². The molecular weight excluding hydrogens is 514 g/mol. The van der Waals surface area contributed by atoms with E-state index in [9.17, 15) is 31.5 Å². The summed E-state index contributed by atoms with van der Waals surface area (Å²) in [5, 5.41) is 12.4. The molecule has 15 heteroatoms. The van der Waals surface area contributed by atoms with Gasteiger partial charge in [0.15, 0.2) is 0 Å². The minimum Gasteiger partial charge on any atom is -0.506 e. The molecule has 0 heterocycles. The minimum absolute atomic E-state index is 0.0143. The lowest BCUT2D eigenvalue weighted by molar-refractivity contribution is -0.138. The average Bonchev–Trinajstić information content (AvgIpc) is 2.73. The molecule has 0 aromatic heterocycles.